The second kappa shape index (κ2) is 2.62. The van der Waals surface area contributed by atoms with Gasteiger partial charge < -0.3 is 11.1 Å². The van der Waals surface area contributed by atoms with E-state index >= 15 is 0 Å². The molecule has 1 saturated carbocycles. The smallest absolute Gasteiger partial charge is 0.222 e. The van der Waals surface area contributed by atoms with Crippen molar-refractivity contribution in [2.45, 2.75) is 25.8 Å². The van der Waals surface area contributed by atoms with Crippen LogP contribution in [0.4, 0.5) is 11.8 Å². The van der Waals surface area contributed by atoms with Crippen LogP contribution < -0.4 is 11.1 Å². The highest BCUT2D eigenvalue weighted by molar-refractivity contribution is 5.41. The van der Waals surface area contributed by atoms with Crippen molar-refractivity contribution < 1.29 is 0 Å². The van der Waals surface area contributed by atoms with Gasteiger partial charge in [0.05, 0.1) is 0 Å². The van der Waals surface area contributed by atoms with Gasteiger partial charge in [-0.3, -0.25) is 0 Å². The Morgan fingerprint density at radius 1 is 1.50 bits per heavy atom. The molecule has 1 heterocycles. The van der Waals surface area contributed by atoms with E-state index in [4.69, 9.17) is 5.73 Å². The summed E-state index contributed by atoms with van der Waals surface area (Å²) in [5, 5.41) is 3.27. The van der Waals surface area contributed by atoms with Crippen LogP contribution in [0, 0.1) is 6.92 Å². The molecule has 0 bridgehead atoms. The predicted molar refractivity (Wildman–Crippen MR) is 47.8 cm³/mol. The third-order valence-electron chi connectivity index (χ3n) is 1.80. The highest BCUT2D eigenvalue weighted by atomic mass is 15.1. The molecule has 0 saturated heterocycles. The van der Waals surface area contributed by atoms with Gasteiger partial charge in [-0.05, 0) is 19.8 Å². The SMILES string of the molecule is Cc1cc(NC2CC2)nc(N)n1. The van der Waals surface area contributed by atoms with Gasteiger partial charge in [0.25, 0.3) is 0 Å². The van der Waals surface area contributed by atoms with Crippen LogP contribution in [0.25, 0.3) is 0 Å². The van der Waals surface area contributed by atoms with Gasteiger partial charge in [-0.1, -0.05) is 0 Å². The summed E-state index contributed by atoms with van der Waals surface area (Å²) in [7, 11) is 0. The lowest BCUT2D eigenvalue weighted by molar-refractivity contribution is 1.06. The third-order valence-corrected chi connectivity index (χ3v) is 1.80. The minimum Gasteiger partial charge on any atom is -0.368 e. The largest absolute Gasteiger partial charge is 0.368 e. The van der Waals surface area contributed by atoms with Crippen LogP contribution in [0.3, 0.4) is 0 Å². The zero-order valence-corrected chi connectivity index (χ0v) is 7.04. The zero-order chi connectivity index (χ0) is 8.55. The van der Waals surface area contributed by atoms with Crippen molar-refractivity contribution in [1.82, 2.24) is 9.97 Å². The number of nitrogens with two attached hydrogens (primary N) is 1. The molecule has 0 spiro atoms. The maximum atomic E-state index is 5.49. The Balaban J connectivity index is 2.18. The molecule has 1 aliphatic rings. The quantitative estimate of drug-likeness (QED) is 0.682. The van der Waals surface area contributed by atoms with Crippen molar-refractivity contribution in [2.75, 3.05) is 11.1 Å². The van der Waals surface area contributed by atoms with E-state index in [1.807, 2.05) is 13.0 Å². The predicted octanol–water partition coefficient (Wildman–Crippen LogP) is 0.942. The lowest BCUT2D eigenvalue weighted by Crippen LogP contribution is -2.06. The first kappa shape index (κ1) is 7.34. The Bertz CT molecular complexity index is 273. The fourth-order valence-electron chi connectivity index (χ4n) is 1.10. The first-order chi connectivity index (χ1) is 5.74. The molecule has 0 radical (unpaired) electrons. The van der Waals surface area contributed by atoms with Crippen molar-refractivity contribution in [2.24, 2.45) is 0 Å². The molecule has 0 amide bonds. The third kappa shape index (κ3) is 1.64. The molecular formula is C8H12N4. The summed E-state index contributed by atoms with van der Waals surface area (Å²) in [5.41, 5.74) is 6.40. The van der Waals surface area contributed by atoms with Gasteiger partial charge in [-0.25, -0.2) is 4.98 Å². The number of anilines is 2. The summed E-state index contributed by atoms with van der Waals surface area (Å²) >= 11 is 0. The van der Waals surface area contributed by atoms with Crippen LogP contribution in [-0.4, -0.2) is 16.0 Å². The molecule has 1 aliphatic carbocycles. The van der Waals surface area contributed by atoms with Gasteiger partial charge in [0.2, 0.25) is 5.95 Å². The summed E-state index contributed by atoms with van der Waals surface area (Å²) in [6.07, 6.45) is 2.48. The highest BCUT2D eigenvalue weighted by Crippen LogP contribution is 2.23. The van der Waals surface area contributed by atoms with Gasteiger partial charge in [0.1, 0.15) is 5.82 Å². The van der Waals surface area contributed by atoms with Gasteiger partial charge in [-0.15, -0.1) is 0 Å². The van der Waals surface area contributed by atoms with Crippen LogP contribution in [0.2, 0.25) is 0 Å². The molecule has 1 aromatic rings. The molecule has 4 nitrogen and oxygen atoms in total. The van der Waals surface area contributed by atoms with E-state index in [0.717, 1.165) is 11.5 Å². The van der Waals surface area contributed by atoms with Crippen LogP contribution in [0.5, 0.6) is 0 Å². The molecule has 3 N–H and O–H groups in total. The molecule has 64 valence electrons. The Hall–Kier alpha value is -1.32. The second-order valence-electron chi connectivity index (χ2n) is 3.17. The van der Waals surface area contributed by atoms with E-state index in [9.17, 15) is 0 Å². The van der Waals surface area contributed by atoms with Gasteiger partial charge in [0.15, 0.2) is 0 Å². The first-order valence-electron chi connectivity index (χ1n) is 4.12. The minimum absolute atomic E-state index is 0.346. The summed E-state index contributed by atoms with van der Waals surface area (Å²) < 4.78 is 0. The molecule has 0 aromatic carbocycles. The van der Waals surface area contributed by atoms with E-state index in [2.05, 4.69) is 15.3 Å². The number of aromatic nitrogens is 2. The molecule has 0 atom stereocenters. The number of aryl methyl sites for hydroxylation is 1. The average molecular weight is 164 g/mol. The highest BCUT2D eigenvalue weighted by Gasteiger charge is 2.21. The Labute approximate surface area is 71.2 Å². The number of hydrogen-bond donors (Lipinski definition) is 2. The fourth-order valence-corrected chi connectivity index (χ4v) is 1.10. The number of nitrogens with one attached hydrogen (secondary N) is 1. The summed E-state index contributed by atoms with van der Waals surface area (Å²) in [6, 6.07) is 2.52. The van der Waals surface area contributed by atoms with Crippen LogP contribution in [0.15, 0.2) is 6.07 Å². The molecule has 4 heteroatoms. The van der Waals surface area contributed by atoms with Crippen LogP contribution in [-0.2, 0) is 0 Å². The van der Waals surface area contributed by atoms with Crippen molar-refractivity contribution in [3.63, 3.8) is 0 Å². The Morgan fingerprint density at radius 3 is 2.83 bits per heavy atom. The van der Waals surface area contributed by atoms with E-state index in [1.54, 1.807) is 0 Å². The number of rotatable bonds is 2. The minimum atomic E-state index is 0.346. The van der Waals surface area contributed by atoms with Gasteiger partial charge in [-0.2, -0.15) is 4.98 Å². The monoisotopic (exact) mass is 164 g/mol. The van der Waals surface area contributed by atoms with E-state index < -0.39 is 0 Å². The maximum absolute atomic E-state index is 5.49. The number of nitrogen functional groups attached to an aromatic ring is 1. The molecule has 0 unspecified atom stereocenters. The van der Waals surface area contributed by atoms with Crippen molar-refractivity contribution in [3.05, 3.63) is 11.8 Å². The first-order valence-corrected chi connectivity index (χ1v) is 4.12. The Kier molecular flexibility index (Phi) is 1.60. The van der Waals surface area contributed by atoms with Crippen LogP contribution in [0.1, 0.15) is 18.5 Å². The van der Waals surface area contributed by atoms with Crippen molar-refractivity contribution >= 4 is 11.8 Å². The second-order valence-corrected chi connectivity index (χ2v) is 3.17. The lowest BCUT2D eigenvalue weighted by Gasteiger charge is -2.04. The number of hydrogen-bond acceptors (Lipinski definition) is 4. The molecule has 1 aromatic heterocycles. The topological polar surface area (TPSA) is 63.8 Å². The van der Waals surface area contributed by atoms with Crippen molar-refractivity contribution in [1.29, 1.82) is 0 Å². The summed E-state index contributed by atoms with van der Waals surface area (Å²) in [5.74, 6) is 1.20. The zero-order valence-electron chi connectivity index (χ0n) is 7.04. The molecule has 1 fully saturated rings. The fraction of sp³-hybridized carbons (Fsp3) is 0.500. The van der Waals surface area contributed by atoms with Crippen molar-refractivity contribution in [3.8, 4) is 0 Å². The molecular weight excluding hydrogens is 152 g/mol. The van der Waals surface area contributed by atoms with E-state index in [0.29, 0.717) is 12.0 Å². The number of nitrogens with zero attached hydrogens (tertiary/aromatic N) is 2. The van der Waals surface area contributed by atoms with E-state index in [-0.39, 0.29) is 0 Å². The van der Waals surface area contributed by atoms with Gasteiger partial charge >= 0.3 is 0 Å². The summed E-state index contributed by atoms with van der Waals surface area (Å²) in [4.78, 5) is 8.06. The molecule has 2 rings (SSSR count). The maximum Gasteiger partial charge on any atom is 0.222 e. The normalized spacial score (nSPS) is 16.1. The lowest BCUT2D eigenvalue weighted by atomic mass is 10.4. The standard InChI is InChI=1S/C8H12N4/c1-5-4-7(11-6-2-3-6)12-8(9)10-5/h4,6H,2-3H2,1H3,(H3,9,10,11,12). The summed E-state index contributed by atoms with van der Waals surface area (Å²) in [6.45, 7) is 1.91. The average Bonchev–Trinajstić information content (AvgIpc) is 2.68. The molecule has 12 heavy (non-hydrogen) atoms. The Morgan fingerprint density at radius 2 is 2.25 bits per heavy atom. The molecule has 0 aliphatic heterocycles. The van der Waals surface area contributed by atoms with Gasteiger partial charge in [0, 0.05) is 17.8 Å². The van der Waals surface area contributed by atoms with E-state index in [1.165, 1.54) is 12.8 Å². The van der Waals surface area contributed by atoms with Crippen LogP contribution >= 0.6 is 0 Å².